The first-order valence-electron chi connectivity index (χ1n) is 8.42. The summed E-state index contributed by atoms with van der Waals surface area (Å²) in [5.41, 5.74) is 2.03. The van der Waals surface area contributed by atoms with E-state index in [2.05, 4.69) is 24.3 Å². The van der Waals surface area contributed by atoms with Crippen LogP contribution in [0.25, 0.3) is 6.08 Å². The highest BCUT2D eigenvalue weighted by Gasteiger charge is 2.22. The van der Waals surface area contributed by atoms with Gasteiger partial charge >= 0.3 is 0 Å². The molecule has 0 atom stereocenters. The first-order valence-corrected chi connectivity index (χ1v) is 9.17. The number of piperazine rings is 1. The zero-order valence-electron chi connectivity index (χ0n) is 13.9. The first-order chi connectivity index (χ1) is 12.1. The topological polar surface area (TPSA) is 24.8 Å². The molecule has 2 aromatic rings. The van der Waals surface area contributed by atoms with Crippen molar-refractivity contribution in [2.75, 3.05) is 26.2 Å². The molecular weight excluding hydrogens is 355 g/mol. The monoisotopic (exact) mass is 375 g/mol. The SMILES string of the molecule is O=C(/C=C/c1c(Cl)cccc1Cl)N1CC[NH+](Cc2ccccc2)CC1. The van der Waals surface area contributed by atoms with Crippen molar-refractivity contribution in [1.82, 2.24) is 4.90 Å². The maximum Gasteiger partial charge on any atom is 0.246 e. The van der Waals surface area contributed by atoms with Crippen LogP contribution in [0.2, 0.25) is 10.0 Å². The number of quaternary nitrogens is 1. The van der Waals surface area contributed by atoms with Gasteiger partial charge in [0.15, 0.2) is 0 Å². The zero-order chi connectivity index (χ0) is 17.6. The highest BCUT2D eigenvalue weighted by Crippen LogP contribution is 2.25. The number of amides is 1. The number of nitrogens with zero attached hydrogens (tertiary/aromatic N) is 1. The van der Waals surface area contributed by atoms with E-state index >= 15 is 0 Å². The smallest absolute Gasteiger partial charge is 0.246 e. The molecule has 0 bridgehead atoms. The van der Waals surface area contributed by atoms with Crippen molar-refractivity contribution in [3.05, 3.63) is 75.8 Å². The second-order valence-electron chi connectivity index (χ2n) is 6.21. The Morgan fingerprint density at radius 2 is 1.64 bits per heavy atom. The van der Waals surface area contributed by atoms with Gasteiger partial charge in [-0.3, -0.25) is 4.79 Å². The van der Waals surface area contributed by atoms with Gasteiger partial charge in [0.1, 0.15) is 6.54 Å². The van der Waals surface area contributed by atoms with E-state index in [1.165, 1.54) is 10.5 Å². The lowest BCUT2D eigenvalue weighted by Gasteiger charge is -2.31. The minimum Gasteiger partial charge on any atom is -0.328 e. The van der Waals surface area contributed by atoms with E-state index in [0.717, 1.165) is 32.7 Å². The summed E-state index contributed by atoms with van der Waals surface area (Å²) in [6, 6.07) is 15.8. The van der Waals surface area contributed by atoms with Crippen LogP contribution in [0.3, 0.4) is 0 Å². The van der Waals surface area contributed by atoms with E-state index in [4.69, 9.17) is 23.2 Å². The van der Waals surface area contributed by atoms with Crippen molar-refractivity contribution in [2.45, 2.75) is 6.54 Å². The van der Waals surface area contributed by atoms with Crippen LogP contribution in [0, 0.1) is 0 Å². The van der Waals surface area contributed by atoms with Crippen LogP contribution in [0.15, 0.2) is 54.6 Å². The lowest BCUT2D eigenvalue weighted by molar-refractivity contribution is -0.917. The maximum absolute atomic E-state index is 12.4. The van der Waals surface area contributed by atoms with Gasteiger partial charge in [0, 0.05) is 27.2 Å². The Morgan fingerprint density at radius 1 is 1.00 bits per heavy atom. The van der Waals surface area contributed by atoms with Gasteiger partial charge in [-0.2, -0.15) is 0 Å². The zero-order valence-corrected chi connectivity index (χ0v) is 15.4. The molecule has 0 aromatic heterocycles. The Balaban J connectivity index is 1.54. The van der Waals surface area contributed by atoms with Crippen molar-refractivity contribution in [1.29, 1.82) is 0 Å². The molecule has 0 aliphatic carbocycles. The third-order valence-corrected chi connectivity index (χ3v) is 5.13. The summed E-state index contributed by atoms with van der Waals surface area (Å²) in [6.07, 6.45) is 3.27. The molecule has 1 amide bonds. The van der Waals surface area contributed by atoms with Gasteiger partial charge < -0.3 is 9.80 Å². The molecule has 0 radical (unpaired) electrons. The number of halogens is 2. The molecule has 1 saturated heterocycles. The van der Waals surface area contributed by atoms with Gasteiger partial charge in [0.05, 0.1) is 26.2 Å². The van der Waals surface area contributed by atoms with Gasteiger partial charge in [0.25, 0.3) is 0 Å². The van der Waals surface area contributed by atoms with E-state index in [-0.39, 0.29) is 5.91 Å². The molecule has 0 saturated carbocycles. The van der Waals surface area contributed by atoms with Crippen LogP contribution in [-0.4, -0.2) is 37.0 Å². The van der Waals surface area contributed by atoms with Gasteiger partial charge in [-0.25, -0.2) is 0 Å². The Kier molecular flexibility index (Phi) is 6.14. The fourth-order valence-corrected chi connectivity index (χ4v) is 3.56. The van der Waals surface area contributed by atoms with Crippen molar-refractivity contribution in [2.24, 2.45) is 0 Å². The van der Waals surface area contributed by atoms with Crippen LogP contribution in [0.5, 0.6) is 0 Å². The summed E-state index contributed by atoms with van der Waals surface area (Å²) in [5.74, 6) is 0.00903. The number of hydrogen-bond acceptors (Lipinski definition) is 1. The predicted octanol–water partition coefficient (Wildman–Crippen LogP) is 2.93. The Hall–Kier alpha value is -1.81. The molecule has 3 nitrogen and oxygen atoms in total. The average molecular weight is 376 g/mol. The molecule has 1 aliphatic rings. The second-order valence-corrected chi connectivity index (χ2v) is 7.02. The molecule has 5 heteroatoms. The van der Waals surface area contributed by atoms with Crippen molar-refractivity contribution in [3.8, 4) is 0 Å². The molecule has 1 aliphatic heterocycles. The third kappa shape index (κ3) is 4.85. The van der Waals surface area contributed by atoms with Crippen molar-refractivity contribution >= 4 is 35.2 Å². The molecule has 0 unspecified atom stereocenters. The van der Waals surface area contributed by atoms with Crippen LogP contribution < -0.4 is 4.90 Å². The fraction of sp³-hybridized carbons (Fsp3) is 0.250. The predicted molar refractivity (Wildman–Crippen MR) is 103 cm³/mol. The first kappa shape index (κ1) is 18.0. The van der Waals surface area contributed by atoms with E-state index in [1.807, 2.05) is 11.0 Å². The van der Waals surface area contributed by atoms with Crippen molar-refractivity contribution in [3.63, 3.8) is 0 Å². The molecule has 1 N–H and O–H groups in total. The number of benzene rings is 2. The van der Waals surface area contributed by atoms with E-state index in [1.54, 1.807) is 30.4 Å². The fourth-order valence-electron chi connectivity index (χ4n) is 3.03. The van der Waals surface area contributed by atoms with Crippen molar-refractivity contribution < 1.29 is 9.69 Å². The second kappa shape index (κ2) is 8.52. The highest BCUT2D eigenvalue weighted by molar-refractivity contribution is 6.37. The van der Waals surface area contributed by atoms with Crippen LogP contribution >= 0.6 is 23.2 Å². The Morgan fingerprint density at radius 3 is 2.28 bits per heavy atom. The Labute approximate surface area is 158 Å². The van der Waals surface area contributed by atoms with Gasteiger partial charge in [-0.05, 0) is 18.2 Å². The van der Waals surface area contributed by atoms with Gasteiger partial charge in [-0.15, -0.1) is 0 Å². The third-order valence-electron chi connectivity index (χ3n) is 4.47. The molecule has 130 valence electrons. The normalized spacial score (nSPS) is 15.7. The van der Waals surface area contributed by atoms with E-state index < -0.39 is 0 Å². The number of nitrogens with one attached hydrogen (secondary N) is 1. The minimum absolute atomic E-state index is 0.00903. The lowest BCUT2D eigenvalue weighted by atomic mass is 10.2. The minimum atomic E-state index is 0.00903. The number of carbonyl (C=O) groups is 1. The van der Waals surface area contributed by atoms with E-state index in [0.29, 0.717) is 15.6 Å². The van der Waals surface area contributed by atoms with Crippen LogP contribution in [0.1, 0.15) is 11.1 Å². The van der Waals surface area contributed by atoms with Crippen LogP contribution in [0.4, 0.5) is 0 Å². The summed E-state index contributed by atoms with van der Waals surface area (Å²) < 4.78 is 0. The maximum atomic E-state index is 12.4. The van der Waals surface area contributed by atoms with Gasteiger partial charge in [-0.1, -0.05) is 59.6 Å². The number of carbonyl (C=O) groups excluding carboxylic acids is 1. The summed E-state index contributed by atoms with van der Waals surface area (Å²) in [6.45, 7) is 4.46. The largest absolute Gasteiger partial charge is 0.328 e. The number of rotatable bonds is 4. The molecule has 25 heavy (non-hydrogen) atoms. The standard InChI is InChI=1S/C20H20Cl2N2O/c21-18-7-4-8-19(22)17(18)9-10-20(25)24-13-11-23(12-14-24)15-16-5-2-1-3-6-16/h1-10H,11-15H2/p+1/b10-9+. The average Bonchev–Trinajstić information content (AvgIpc) is 2.62. The Bertz CT molecular complexity index is 733. The molecule has 2 aromatic carbocycles. The molecule has 1 fully saturated rings. The lowest BCUT2D eigenvalue weighted by Crippen LogP contribution is -3.13. The summed E-state index contributed by atoms with van der Waals surface area (Å²) in [4.78, 5) is 15.8. The summed E-state index contributed by atoms with van der Waals surface area (Å²) in [7, 11) is 0. The molecule has 3 rings (SSSR count). The molecule has 1 heterocycles. The van der Waals surface area contributed by atoms with Crippen LogP contribution in [-0.2, 0) is 11.3 Å². The van der Waals surface area contributed by atoms with E-state index in [9.17, 15) is 4.79 Å². The summed E-state index contributed by atoms with van der Waals surface area (Å²) >= 11 is 12.3. The molecule has 0 spiro atoms. The molecular formula is C20H21Cl2N2O+. The quantitative estimate of drug-likeness (QED) is 0.816. The highest BCUT2D eigenvalue weighted by atomic mass is 35.5. The number of hydrogen-bond donors (Lipinski definition) is 1. The van der Waals surface area contributed by atoms with Gasteiger partial charge in [0.2, 0.25) is 5.91 Å². The summed E-state index contributed by atoms with van der Waals surface area (Å²) in [5, 5.41) is 1.10.